The molecule has 22 rings (SSSR count). The zero-order valence-electron chi connectivity index (χ0n) is 69.5. The smallest absolute Gasteiger partial charge is 0.248 e. The number of aryl methyl sites for hydroxylation is 10. The van der Waals surface area contributed by atoms with Gasteiger partial charge in [-0.25, -0.2) is 0 Å². The molecule has 18 aromatic rings. The number of benzene rings is 18. The van der Waals surface area contributed by atoms with E-state index in [2.05, 4.69) is 409 Å². The van der Waals surface area contributed by atoms with Gasteiger partial charge in [0.1, 0.15) is 0 Å². The van der Waals surface area contributed by atoms with Gasteiger partial charge in [-0.15, -0.1) is 0 Å². The molecule has 0 saturated carbocycles. The summed E-state index contributed by atoms with van der Waals surface area (Å²) in [5.41, 5.74) is 38.9. The minimum absolute atomic E-state index is 0.00988. The van der Waals surface area contributed by atoms with Gasteiger partial charge in [-0.2, -0.15) is 0 Å². The number of rotatable bonds is 4. The third-order valence-corrected chi connectivity index (χ3v) is 26.5. The Hall–Kier alpha value is -12.6. The molecular formula is C110H94B2N4. The monoisotopic (exact) mass is 1490 g/mol. The van der Waals surface area contributed by atoms with Crippen molar-refractivity contribution in [3.05, 3.63) is 346 Å². The Morgan fingerprint density at radius 1 is 0.207 bits per heavy atom. The van der Waals surface area contributed by atoms with E-state index in [-0.39, 0.29) is 24.3 Å². The van der Waals surface area contributed by atoms with Gasteiger partial charge in [0.25, 0.3) is 0 Å². The first-order chi connectivity index (χ1) is 55.8. The van der Waals surface area contributed by atoms with Crippen LogP contribution in [0.4, 0.5) is 68.2 Å². The summed E-state index contributed by atoms with van der Waals surface area (Å²) in [5, 5.41) is 20.2. The van der Waals surface area contributed by atoms with E-state index < -0.39 is 0 Å². The van der Waals surface area contributed by atoms with Crippen molar-refractivity contribution in [3.8, 4) is 0 Å². The topological polar surface area (TPSA) is 13.0 Å². The van der Waals surface area contributed by atoms with Crippen LogP contribution in [-0.2, 0) is 10.8 Å². The van der Waals surface area contributed by atoms with Crippen LogP contribution in [0, 0.1) is 69.2 Å². The Bertz CT molecular complexity index is 7300. The fourth-order valence-electron chi connectivity index (χ4n) is 20.7. The molecule has 0 N–H and O–H groups in total. The molecule has 4 aliphatic rings. The van der Waals surface area contributed by atoms with Gasteiger partial charge in [0, 0.05) is 22.7 Å². The van der Waals surface area contributed by atoms with Crippen molar-refractivity contribution >= 4 is 201 Å². The van der Waals surface area contributed by atoms with Crippen molar-refractivity contribution in [2.24, 2.45) is 0 Å². The molecule has 4 nitrogen and oxygen atoms in total. The van der Waals surface area contributed by atoms with Crippen LogP contribution in [0.25, 0.3) is 86.2 Å². The summed E-state index contributed by atoms with van der Waals surface area (Å²) in [7, 11) is 0. The molecule has 0 amide bonds. The zero-order valence-corrected chi connectivity index (χ0v) is 69.5. The number of hydrogen-bond acceptors (Lipinski definition) is 4. The van der Waals surface area contributed by atoms with Gasteiger partial charge < -0.3 is 19.6 Å². The van der Waals surface area contributed by atoms with E-state index in [1.165, 1.54) is 248 Å². The molecule has 6 heteroatoms. The number of hydrogen-bond donors (Lipinski definition) is 0. The maximum Gasteiger partial charge on any atom is 0.248 e. The molecule has 0 fully saturated rings. The second-order valence-corrected chi connectivity index (χ2v) is 36.3. The predicted octanol–water partition coefficient (Wildman–Crippen LogP) is 26.4. The molecule has 0 unspecified atom stereocenters. The Balaban J connectivity index is 0.000000145. The minimum Gasteiger partial charge on any atom is -0.307 e. The van der Waals surface area contributed by atoms with Crippen LogP contribution in [0.2, 0.25) is 0 Å². The Morgan fingerprint density at radius 2 is 0.517 bits per heavy atom. The van der Waals surface area contributed by atoms with Crippen LogP contribution >= 0.6 is 0 Å². The number of anilines is 12. The highest BCUT2D eigenvalue weighted by Crippen LogP contribution is 2.60. The largest absolute Gasteiger partial charge is 0.307 e. The second kappa shape index (κ2) is 25.9. The van der Waals surface area contributed by atoms with Crippen LogP contribution in [-0.4, -0.2) is 13.4 Å². The summed E-state index contributed by atoms with van der Waals surface area (Å²) in [6.45, 7) is 36.6. The van der Waals surface area contributed by atoms with Crippen LogP contribution in [0.5, 0.6) is 0 Å². The summed E-state index contributed by atoms with van der Waals surface area (Å²) >= 11 is 0. The molecule has 560 valence electrons. The third kappa shape index (κ3) is 11.1. The fourth-order valence-corrected chi connectivity index (χ4v) is 20.7. The molecule has 0 spiro atoms. The maximum atomic E-state index is 2.64. The lowest BCUT2D eigenvalue weighted by Gasteiger charge is -2.46. The first-order valence-corrected chi connectivity index (χ1v) is 41.6. The van der Waals surface area contributed by atoms with Crippen molar-refractivity contribution < 1.29 is 0 Å². The minimum atomic E-state index is 0.00988. The number of nitrogens with zero attached hydrogens (tertiary/aromatic N) is 4. The predicted molar refractivity (Wildman–Crippen MR) is 506 cm³/mol. The zero-order chi connectivity index (χ0) is 79.5. The average Bonchev–Trinajstić information content (AvgIpc) is 0.687. The van der Waals surface area contributed by atoms with E-state index in [4.69, 9.17) is 0 Å². The fraction of sp³-hybridized carbons (Fsp3) is 0.164. The highest BCUT2D eigenvalue weighted by Gasteiger charge is 2.47. The van der Waals surface area contributed by atoms with Gasteiger partial charge >= 0.3 is 0 Å². The molecule has 0 radical (unpaired) electrons. The summed E-state index contributed by atoms with van der Waals surface area (Å²) in [6, 6.07) is 108. The standard InChI is InChI=1S/C57H51BN2.C53H43BN2/c1-34-24-35(2)53(36(3)25-34)58-48-29-43-27-45(57(7,8)9)22-19-41(43)30-49(48)60-51-32-38-15-11-10-14-37(38)31-50(51)59(52-33-42-16-12-13-17-47(42)54(58)55(52)60)46-23-20-39-26-44(56(4,5)6)21-18-40(39)28-46;1-30-18-35(6)51(36(7)19-30)54-46-25-39-14-10-11-15-40(39)26-47(46)56-49-28-42-21-32(3)31(2)20-41(42)27-48(49)55(44-17-16-37-12-8-9-13-38(37)24-44)50-29-43-22-33(4)34(5)23-45(43)52(54)53(50)56/h10-33H,1-9H3;8-29H,1-7H3. The molecule has 4 aliphatic heterocycles. The normalized spacial score (nSPS) is 13.4. The summed E-state index contributed by atoms with van der Waals surface area (Å²) < 4.78 is 0. The highest BCUT2D eigenvalue weighted by atomic mass is 15.3. The van der Waals surface area contributed by atoms with Crippen LogP contribution in [0.3, 0.4) is 0 Å². The lowest BCUT2D eigenvalue weighted by Crippen LogP contribution is -2.59. The second-order valence-electron chi connectivity index (χ2n) is 36.3. The molecular weight excluding hydrogens is 1400 g/mol. The van der Waals surface area contributed by atoms with Crippen molar-refractivity contribution in [2.45, 2.75) is 122 Å². The lowest BCUT2D eigenvalue weighted by atomic mass is 9.33. The van der Waals surface area contributed by atoms with Crippen LogP contribution < -0.4 is 52.4 Å². The quantitative estimate of drug-likeness (QED) is 0.163. The van der Waals surface area contributed by atoms with E-state index >= 15 is 0 Å². The highest BCUT2D eigenvalue weighted by molar-refractivity contribution is 7.01. The molecule has 0 aromatic heterocycles. The molecule has 4 heterocycles. The Morgan fingerprint density at radius 3 is 1.00 bits per heavy atom. The molecule has 0 bridgehead atoms. The van der Waals surface area contributed by atoms with Gasteiger partial charge in [-0.1, -0.05) is 292 Å². The SMILES string of the molecule is Cc1cc(C)c(B2c3cc4cc(C(C)(C)C)ccc4cc3N3c4cc5ccccc5cc4N(c4ccc5cc(C(C)(C)C)ccc5c4)c4cc5ccccc5c2c43)c(C)c1.Cc1cc(C)c(B2c3cc4ccccc4cc3N3c4cc5cc(C)c(C)cc5cc4N(c4ccc5ccccc5c4)c4cc5cc(C)c(C)cc5c2c43)c(C)c1. The van der Waals surface area contributed by atoms with E-state index in [0.717, 1.165) is 5.69 Å². The van der Waals surface area contributed by atoms with Crippen molar-refractivity contribution in [1.82, 2.24) is 0 Å². The van der Waals surface area contributed by atoms with Gasteiger partial charge in [0.2, 0.25) is 13.4 Å². The molecule has 18 aromatic carbocycles. The van der Waals surface area contributed by atoms with Gasteiger partial charge in [-0.3, -0.25) is 0 Å². The van der Waals surface area contributed by atoms with E-state index in [1.54, 1.807) is 0 Å². The van der Waals surface area contributed by atoms with E-state index in [9.17, 15) is 0 Å². The van der Waals surface area contributed by atoms with Crippen molar-refractivity contribution in [3.63, 3.8) is 0 Å². The van der Waals surface area contributed by atoms with Gasteiger partial charge in [0.05, 0.1) is 45.5 Å². The summed E-state index contributed by atoms with van der Waals surface area (Å²) in [5.74, 6) is 0. The Labute approximate surface area is 683 Å². The average molecular weight is 1490 g/mol. The first kappa shape index (κ1) is 71.2. The van der Waals surface area contributed by atoms with Gasteiger partial charge in [-0.05, 0) is 294 Å². The van der Waals surface area contributed by atoms with Crippen molar-refractivity contribution in [1.29, 1.82) is 0 Å². The Kier molecular flexibility index (Phi) is 15.9. The van der Waals surface area contributed by atoms with E-state index in [0.29, 0.717) is 0 Å². The molecule has 0 atom stereocenters. The maximum absolute atomic E-state index is 2.64. The lowest BCUT2D eigenvalue weighted by molar-refractivity contribution is 0.591. The van der Waals surface area contributed by atoms with Crippen LogP contribution in [0.15, 0.2) is 279 Å². The van der Waals surface area contributed by atoms with Gasteiger partial charge in [0.15, 0.2) is 0 Å². The third-order valence-electron chi connectivity index (χ3n) is 26.5. The number of fused-ring (bicyclic) bond motifs is 18. The molecule has 0 saturated heterocycles. The van der Waals surface area contributed by atoms with Crippen molar-refractivity contribution in [2.75, 3.05) is 19.6 Å². The molecule has 0 aliphatic carbocycles. The summed E-state index contributed by atoms with van der Waals surface area (Å²) in [4.78, 5) is 10.4. The molecule has 116 heavy (non-hydrogen) atoms. The summed E-state index contributed by atoms with van der Waals surface area (Å²) in [6.07, 6.45) is 0. The van der Waals surface area contributed by atoms with Crippen LogP contribution in [0.1, 0.15) is 108 Å². The van der Waals surface area contributed by atoms with E-state index in [1.807, 2.05) is 0 Å². The first-order valence-electron chi connectivity index (χ1n) is 41.6.